The molecule has 0 aromatic heterocycles. The third-order valence-corrected chi connectivity index (χ3v) is 3.97. The zero-order chi connectivity index (χ0) is 9.69. The van der Waals surface area contributed by atoms with Gasteiger partial charge in [-0.2, -0.15) is 0 Å². The summed E-state index contributed by atoms with van der Waals surface area (Å²) in [6.07, 6.45) is 2.75. The molecular formula is C11H19NO. The fourth-order valence-corrected chi connectivity index (χ4v) is 2.80. The van der Waals surface area contributed by atoms with Crippen LogP contribution in [0.5, 0.6) is 0 Å². The number of nitrogens with one attached hydrogen (secondary N) is 1. The molecule has 1 saturated heterocycles. The number of rotatable bonds is 0. The monoisotopic (exact) mass is 181 g/mol. The van der Waals surface area contributed by atoms with E-state index in [0.29, 0.717) is 11.8 Å². The lowest BCUT2D eigenvalue weighted by molar-refractivity contribution is -0.125. The van der Waals surface area contributed by atoms with Crippen LogP contribution in [0.2, 0.25) is 0 Å². The minimum absolute atomic E-state index is 0.243. The van der Waals surface area contributed by atoms with Crippen molar-refractivity contribution in [1.82, 2.24) is 5.32 Å². The number of carbonyl (C=O) groups excluding carboxylic acids is 1. The van der Waals surface area contributed by atoms with Gasteiger partial charge in [0.2, 0.25) is 0 Å². The lowest BCUT2D eigenvalue weighted by atomic mass is 9.60. The molecule has 2 heteroatoms. The maximum absolute atomic E-state index is 11.5. The van der Waals surface area contributed by atoms with Crippen molar-refractivity contribution in [2.24, 2.45) is 10.8 Å². The maximum Gasteiger partial charge on any atom is 0.135 e. The fourth-order valence-electron chi connectivity index (χ4n) is 2.80. The molecule has 2 nitrogen and oxygen atoms in total. The van der Waals surface area contributed by atoms with Gasteiger partial charge in [0.1, 0.15) is 5.78 Å². The van der Waals surface area contributed by atoms with Crippen molar-refractivity contribution in [1.29, 1.82) is 0 Å². The lowest BCUT2D eigenvalue weighted by Crippen LogP contribution is -2.41. The molecular weight excluding hydrogens is 162 g/mol. The Labute approximate surface area is 80.1 Å². The Morgan fingerprint density at radius 3 is 2.77 bits per heavy atom. The van der Waals surface area contributed by atoms with Crippen LogP contribution in [0.1, 0.15) is 40.0 Å². The van der Waals surface area contributed by atoms with Gasteiger partial charge >= 0.3 is 0 Å². The van der Waals surface area contributed by atoms with Crippen LogP contribution < -0.4 is 5.32 Å². The van der Waals surface area contributed by atoms with Gasteiger partial charge in [0, 0.05) is 25.4 Å². The third-order valence-electron chi connectivity index (χ3n) is 3.97. The van der Waals surface area contributed by atoms with Crippen LogP contribution in [0, 0.1) is 10.8 Å². The van der Waals surface area contributed by atoms with Gasteiger partial charge in [-0.15, -0.1) is 0 Å². The molecule has 0 spiro atoms. The molecule has 1 heterocycles. The maximum atomic E-state index is 11.5. The summed E-state index contributed by atoms with van der Waals surface area (Å²) in [5.74, 6) is 0.455. The zero-order valence-electron chi connectivity index (χ0n) is 8.81. The first-order valence-corrected chi connectivity index (χ1v) is 5.18. The van der Waals surface area contributed by atoms with E-state index in [4.69, 9.17) is 0 Å². The number of ketones is 1. The highest BCUT2D eigenvalue weighted by Gasteiger charge is 2.51. The van der Waals surface area contributed by atoms with Gasteiger partial charge in [-0.3, -0.25) is 4.79 Å². The molecule has 2 rings (SSSR count). The van der Waals surface area contributed by atoms with Gasteiger partial charge in [-0.25, -0.2) is 0 Å². The lowest BCUT2D eigenvalue weighted by Gasteiger charge is -2.43. The second-order valence-electron chi connectivity index (χ2n) is 5.73. The van der Waals surface area contributed by atoms with Crippen LogP contribution in [-0.2, 0) is 4.79 Å². The predicted molar refractivity (Wildman–Crippen MR) is 52.5 cm³/mol. The second-order valence-corrected chi connectivity index (χ2v) is 5.73. The van der Waals surface area contributed by atoms with Crippen molar-refractivity contribution in [3.8, 4) is 0 Å². The average molecular weight is 181 g/mol. The summed E-state index contributed by atoms with van der Waals surface area (Å²) in [7, 11) is 0. The summed E-state index contributed by atoms with van der Waals surface area (Å²) < 4.78 is 0. The predicted octanol–water partition coefficient (Wildman–Crippen LogP) is 1.74. The Morgan fingerprint density at radius 2 is 2.15 bits per heavy atom. The molecule has 2 unspecified atom stereocenters. The topological polar surface area (TPSA) is 29.1 Å². The van der Waals surface area contributed by atoms with E-state index in [0.717, 1.165) is 19.4 Å². The van der Waals surface area contributed by atoms with Crippen LogP contribution in [0.3, 0.4) is 0 Å². The molecule has 13 heavy (non-hydrogen) atoms. The molecule has 0 amide bonds. The van der Waals surface area contributed by atoms with E-state index in [9.17, 15) is 4.79 Å². The van der Waals surface area contributed by atoms with Crippen molar-refractivity contribution in [2.45, 2.75) is 46.1 Å². The summed E-state index contributed by atoms with van der Waals surface area (Å²) in [6.45, 7) is 7.81. The van der Waals surface area contributed by atoms with Crippen molar-refractivity contribution < 1.29 is 4.79 Å². The van der Waals surface area contributed by atoms with Crippen molar-refractivity contribution in [3.05, 3.63) is 0 Å². The highest BCUT2D eigenvalue weighted by atomic mass is 16.1. The zero-order valence-corrected chi connectivity index (χ0v) is 8.81. The standard InChI is InChI=1S/C11H19NO/c1-10(2,3)11-5-8(12-7-11)4-9(13)6-11/h8,12H,4-7H2,1-3H3. The molecule has 0 aromatic rings. The minimum atomic E-state index is 0.243. The first kappa shape index (κ1) is 9.20. The van der Waals surface area contributed by atoms with Crippen molar-refractivity contribution in [2.75, 3.05) is 6.54 Å². The summed E-state index contributed by atoms with van der Waals surface area (Å²) in [5.41, 5.74) is 0.498. The molecule has 74 valence electrons. The summed E-state index contributed by atoms with van der Waals surface area (Å²) in [5, 5.41) is 3.48. The Hall–Kier alpha value is -0.370. The molecule has 2 atom stereocenters. The largest absolute Gasteiger partial charge is 0.313 e. The summed E-state index contributed by atoms with van der Waals surface area (Å²) in [4.78, 5) is 11.5. The first-order valence-electron chi connectivity index (χ1n) is 5.18. The number of Topliss-reactive ketones (excluding diaryl/α,β-unsaturated/α-hetero) is 1. The number of carbonyl (C=O) groups is 1. The molecule has 0 aromatic carbocycles. The summed E-state index contributed by atoms with van der Waals surface area (Å²) >= 11 is 0. The quantitative estimate of drug-likeness (QED) is 0.617. The van der Waals surface area contributed by atoms with Crippen molar-refractivity contribution in [3.63, 3.8) is 0 Å². The Bertz CT molecular complexity index is 241. The van der Waals surface area contributed by atoms with Gasteiger partial charge < -0.3 is 5.32 Å². The molecule has 1 N–H and O–H groups in total. The van der Waals surface area contributed by atoms with E-state index in [1.807, 2.05) is 0 Å². The Morgan fingerprint density at radius 1 is 1.46 bits per heavy atom. The molecule has 2 aliphatic rings. The minimum Gasteiger partial charge on any atom is -0.313 e. The van der Waals surface area contributed by atoms with Crippen LogP contribution in [0.15, 0.2) is 0 Å². The number of hydrogen-bond donors (Lipinski definition) is 1. The number of hydrogen-bond acceptors (Lipinski definition) is 2. The highest BCUT2D eigenvalue weighted by Crippen LogP contribution is 2.51. The third kappa shape index (κ3) is 1.32. The second kappa shape index (κ2) is 2.57. The normalized spacial score (nSPS) is 39.6. The molecule has 0 radical (unpaired) electrons. The van der Waals surface area contributed by atoms with E-state index in [1.54, 1.807) is 0 Å². The van der Waals surface area contributed by atoms with E-state index in [-0.39, 0.29) is 10.8 Å². The van der Waals surface area contributed by atoms with E-state index in [1.165, 1.54) is 6.42 Å². The van der Waals surface area contributed by atoms with E-state index < -0.39 is 0 Å². The van der Waals surface area contributed by atoms with Crippen molar-refractivity contribution >= 4 is 5.78 Å². The number of fused-ring (bicyclic) bond motifs is 2. The molecule has 2 fully saturated rings. The van der Waals surface area contributed by atoms with E-state index >= 15 is 0 Å². The van der Waals surface area contributed by atoms with Gasteiger partial charge in [-0.1, -0.05) is 20.8 Å². The smallest absolute Gasteiger partial charge is 0.135 e. The van der Waals surface area contributed by atoms with Crippen LogP contribution in [0.25, 0.3) is 0 Å². The summed E-state index contributed by atoms with van der Waals surface area (Å²) in [6, 6.07) is 0.473. The van der Waals surface area contributed by atoms with E-state index in [2.05, 4.69) is 26.1 Å². The van der Waals surface area contributed by atoms with Gasteiger partial charge in [-0.05, 0) is 17.3 Å². The molecule has 1 aliphatic heterocycles. The highest BCUT2D eigenvalue weighted by molar-refractivity contribution is 5.81. The van der Waals surface area contributed by atoms with Gasteiger partial charge in [0.15, 0.2) is 0 Å². The van der Waals surface area contributed by atoms with Crippen LogP contribution >= 0.6 is 0 Å². The van der Waals surface area contributed by atoms with Gasteiger partial charge in [0.25, 0.3) is 0 Å². The molecule has 1 aliphatic carbocycles. The molecule has 1 saturated carbocycles. The average Bonchev–Trinajstić information content (AvgIpc) is 2.26. The first-order chi connectivity index (χ1) is 5.93. The van der Waals surface area contributed by atoms with Crippen LogP contribution in [0.4, 0.5) is 0 Å². The van der Waals surface area contributed by atoms with Gasteiger partial charge in [0.05, 0.1) is 0 Å². The van der Waals surface area contributed by atoms with Crippen LogP contribution in [-0.4, -0.2) is 18.4 Å². The fraction of sp³-hybridized carbons (Fsp3) is 0.909. The molecule has 2 bridgehead atoms. The Balaban J connectivity index is 2.28. The SMILES string of the molecule is CC(C)(C)C12CNC(CC(=O)C1)C2. The Kier molecular flexibility index (Phi) is 1.82.